The summed E-state index contributed by atoms with van der Waals surface area (Å²) in [5.74, 6) is -1.27. The molecule has 4 aromatic heterocycles. The Labute approximate surface area is 485 Å². The van der Waals surface area contributed by atoms with Crippen LogP contribution in [0.3, 0.4) is 0 Å². The van der Waals surface area contributed by atoms with Gasteiger partial charge >= 0.3 is 12.0 Å². The summed E-state index contributed by atoms with van der Waals surface area (Å²) in [6.45, 7) is 10.5. The van der Waals surface area contributed by atoms with Gasteiger partial charge in [-0.15, -0.1) is 0 Å². The molecule has 6 saturated heterocycles. The second-order valence-corrected chi connectivity index (χ2v) is 22.0. The molecule has 4 aromatic carbocycles. The van der Waals surface area contributed by atoms with E-state index in [0.717, 1.165) is 77.9 Å². The number of hydrogen-bond donors (Lipinski definition) is 5. The molecule has 0 radical (unpaired) electrons. The van der Waals surface area contributed by atoms with E-state index in [2.05, 4.69) is 80.3 Å². The number of ether oxygens (including phenoxy) is 2. The number of fused-ring (bicyclic) bond motifs is 8. The van der Waals surface area contributed by atoms with Crippen molar-refractivity contribution in [1.29, 1.82) is 5.26 Å². The number of nitrogens with zero attached hydrogens (tertiary/aromatic N) is 11. The highest BCUT2D eigenvalue weighted by atomic mass is 19.1. The molecule has 6 atom stereocenters. The molecule has 18 nitrogen and oxygen atoms in total. The molecule has 442 valence electrons. The van der Waals surface area contributed by atoms with E-state index >= 15 is 8.78 Å². The van der Waals surface area contributed by atoms with E-state index in [1.54, 1.807) is 12.1 Å². The number of benzene rings is 4. The van der Waals surface area contributed by atoms with Gasteiger partial charge in [0.05, 0.1) is 43.6 Å². The number of likely N-dealkylation sites (tertiary alicyclic amines) is 2. The van der Waals surface area contributed by atoms with Crippen molar-refractivity contribution in [1.82, 2.24) is 50.3 Å². The first-order valence-electron chi connectivity index (χ1n) is 28.8. The quantitative estimate of drug-likeness (QED) is 0.0940. The Hall–Kier alpha value is -7.81. The van der Waals surface area contributed by atoms with Gasteiger partial charge in [-0.25, -0.2) is 17.6 Å². The normalized spacial score (nSPS) is 21.7. The summed E-state index contributed by atoms with van der Waals surface area (Å²) in [5, 5.41) is 46.8. The van der Waals surface area contributed by atoms with Crippen molar-refractivity contribution < 1.29 is 42.4 Å². The van der Waals surface area contributed by atoms with Gasteiger partial charge in [-0.05, 0) is 119 Å². The molecule has 0 saturated carbocycles. The predicted octanol–water partition coefficient (Wildman–Crippen LogP) is 9.12. The highest BCUT2D eigenvalue weighted by molar-refractivity contribution is 6.02. The molecule has 22 heteroatoms. The maximum Gasteiger partial charge on any atom is 0.318 e. The molecule has 10 heterocycles. The predicted molar refractivity (Wildman–Crippen MR) is 316 cm³/mol. The molecule has 8 aromatic rings. The fourth-order valence-electron chi connectivity index (χ4n) is 12.4. The second-order valence-electron chi connectivity index (χ2n) is 22.0. The van der Waals surface area contributed by atoms with Gasteiger partial charge in [0.1, 0.15) is 57.2 Å². The number of likely N-dealkylation sites (N-methyl/N-ethyl adjacent to an activating group) is 1. The SMILES string of the molecule is CC.CN1CCC(C#N)C1.CN1CCCC1CO.COc1nc(N2CC3CCC(C2)N3)c2cnc(-c3cc(O)cc4cccc(F)c34)c(F)c2n1.COc1nc(N2CC3CCC(C2)N3)c2cnc(-c3cc(O)cc4cccc(F)c34)c(F)c2n1. The van der Waals surface area contributed by atoms with Crippen LogP contribution in [0.25, 0.3) is 65.9 Å². The van der Waals surface area contributed by atoms with Gasteiger partial charge in [0, 0.05) is 97.2 Å². The van der Waals surface area contributed by atoms with Crippen LogP contribution in [0.1, 0.15) is 58.8 Å². The molecular weight excluding hydrogens is 1080 g/mol. The third-order valence-electron chi connectivity index (χ3n) is 16.5. The van der Waals surface area contributed by atoms with Crippen molar-refractivity contribution in [2.45, 2.75) is 89.0 Å². The van der Waals surface area contributed by atoms with E-state index in [0.29, 0.717) is 75.9 Å². The molecule has 84 heavy (non-hydrogen) atoms. The minimum absolute atomic E-state index is 0.0422. The molecule has 0 aliphatic carbocycles. The molecule has 6 aliphatic heterocycles. The van der Waals surface area contributed by atoms with Crippen molar-refractivity contribution in [2.75, 3.05) is 90.5 Å². The summed E-state index contributed by atoms with van der Waals surface area (Å²) in [7, 11) is 6.99. The van der Waals surface area contributed by atoms with E-state index in [-0.39, 0.29) is 67.8 Å². The largest absolute Gasteiger partial charge is 0.508 e. The van der Waals surface area contributed by atoms with E-state index in [9.17, 15) is 19.0 Å². The fraction of sp³-hybridized carbons (Fsp3) is 0.435. The molecule has 6 unspecified atom stereocenters. The highest BCUT2D eigenvalue weighted by Crippen LogP contribution is 2.41. The van der Waals surface area contributed by atoms with Gasteiger partial charge in [-0.1, -0.05) is 38.1 Å². The standard InChI is InChI=1S/2C24H21F2N5O2.C6H10N2.C6H13NO.C2H6/c2*1-33-24-29-22-17(23(30-24)31-10-13-5-6-14(11-31)28-13)9-27-21(20(22)26)16-8-15(32)7-12-3-2-4-18(25)19(12)16;1-8-3-2-6(4-7)5-8;1-7-4-2-3-6(7)5-8;1-2/h2*2-4,7-9,13-14,28,32H,5-6,10-11H2,1H3;6H,2-3,5H2,1H3;6,8H,2-5H2,1H3;1-2H3. The first-order chi connectivity index (χ1) is 40.7. The molecule has 5 N–H and O–H groups in total. The number of anilines is 2. The van der Waals surface area contributed by atoms with Crippen LogP contribution in [0.2, 0.25) is 0 Å². The van der Waals surface area contributed by atoms with E-state index in [1.807, 2.05) is 13.8 Å². The second kappa shape index (κ2) is 26.0. The number of piperazine rings is 2. The van der Waals surface area contributed by atoms with Crippen LogP contribution in [-0.4, -0.2) is 166 Å². The third-order valence-corrected chi connectivity index (χ3v) is 16.5. The Morgan fingerprint density at radius 2 is 1.07 bits per heavy atom. The van der Waals surface area contributed by atoms with Crippen molar-refractivity contribution in [3.63, 3.8) is 0 Å². The van der Waals surface area contributed by atoms with Gasteiger partial charge in [0.25, 0.3) is 0 Å². The Morgan fingerprint density at radius 3 is 1.42 bits per heavy atom. The fourth-order valence-corrected chi connectivity index (χ4v) is 12.4. The summed E-state index contributed by atoms with van der Waals surface area (Å²) in [4.78, 5) is 34.9. The smallest absolute Gasteiger partial charge is 0.318 e. The molecule has 0 amide bonds. The summed E-state index contributed by atoms with van der Waals surface area (Å²) < 4.78 is 71.9. The lowest BCUT2D eigenvalue weighted by atomic mass is 9.99. The van der Waals surface area contributed by atoms with Crippen LogP contribution >= 0.6 is 0 Å². The Balaban J connectivity index is 0.000000145. The molecule has 0 spiro atoms. The highest BCUT2D eigenvalue weighted by Gasteiger charge is 2.36. The number of aromatic hydroxyl groups is 2. The van der Waals surface area contributed by atoms with Crippen molar-refractivity contribution in [2.24, 2.45) is 5.92 Å². The van der Waals surface area contributed by atoms with Crippen molar-refractivity contribution in [3.8, 4) is 52.1 Å². The number of methoxy groups -OCH3 is 2. The lowest BCUT2D eigenvalue weighted by Crippen LogP contribution is -2.51. The number of halogens is 4. The number of aliphatic hydroxyl groups is 1. The zero-order chi connectivity index (χ0) is 59.3. The van der Waals surface area contributed by atoms with Crippen LogP contribution in [0.4, 0.5) is 29.2 Å². The first-order valence-corrected chi connectivity index (χ1v) is 28.8. The molecular formula is C62H71F4N13O5. The zero-order valence-corrected chi connectivity index (χ0v) is 48.1. The number of phenols is 2. The van der Waals surface area contributed by atoms with Gasteiger partial charge < -0.3 is 55.0 Å². The van der Waals surface area contributed by atoms with Crippen LogP contribution in [-0.2, 0) is 0 Å². The lowest BCUT2D eigenvalue weighted by Gasteiger charge is -2.34. The third kappa shape index (κ3) is 12.4. The van der Waals surface area contributed by atoms with Crippen molar-refractivity contribution >= 4 is 55.0 Å². The van der Waals surface area contributed by atoms with Gasteiger partial charge in [0.2, 0.25) is 0 Å². The van der Waals surface area contributed by atoms with Gasteiger partial charge in [-0.2, -0.15) is 25.2 Å². The van der Waals surface area contributed by atoms with Gasteiger partial charge in [0.15, 0.2) is 11.6 Å². The van der Waals surface area contributed by atoms with Crippen LogP contribution in [0.5, 0.6) is 23.5 Å². The molecule has 6 fully saturated rings. The Kier molecular flexibility index (Phi) is 18.4. The molecule has 4 bridgehead atoms. The number of aromatic nitrogens is 6. The maximum atomic E-state index is 15.9. The van der Waals surface area contributed by atoms with Gasteiger partial charge in [-0.3, -0.25) is 9.97 Å². The maximum absolute atomic E-state index is 15.9. The number of nitriles is 1. The number of nitrogens with one attached hydrogen (secondary N) is 2. The number of phenolic OH excluding ortho intramolecular Hbond substituents is 2. The van der Waals surface area contributed by atoms with Crippen LogP contribution in [0, 0.1) is 40.5 Å². The topological polar surface area (TPSA) is 217 Å². The van der Waals surface area contributed by atoms with Crippen molar-refractivity contribution in [3.05, 3.63) is 96.3 Å². The Bertz CT molecular complexity index is 3490. The Morgan fingerprint density at radius 1 is 0.619 bits per heavy atom. The monoisotopic (exact) mass is 1150 g/mol. The summed E-state index contributed by atoms with van der Waals surface area (Å²) in [6, 6.07) is 18.7. The van der Waals surface area contributed by atoms with Crippen LogP contribution in [0.15, 0.2) is 73.1 Å². The molecule has 14 rings (SSSR count). The molecule has 6 aliphatic rings. The average molecular weight is 1150 g/mol. The van der Waals surface area contributed by atoms with E-state index in [1.165, 1.54) is 88.0 Å². The number of pyridine rings is 2. The van der Waals surface area contributed by atoms with Crippen LogP contribution < -0.4 is 29.9 Å². The first kappa shape index (κ1) is 59.4. The van der Waals surface area contributed by atoms with E-state index < -0.39 is 23.3 Å². The summed E-state index contributed by atoms with van der Waals surface area (Å²) in [5.41, 5.74) is 0.200. The zero-order valence-electron chi connectivity index (χ0n) is 48.1. The minimum Gasteiger partial charge on any atom is -0.508 e. The summed E-state index contributed by atoms with van der Waals surface area (Å²) >= 11 is 0. The number of hydrogen-bond acceptors (Lipinski definition) is 18. The lowest BCUT2D eigenvalue weighted by molar-refractivity contribution is 0.182. The minimum atomic E-state index is -0.720. The number of aliphatic hydroxyl groups excluding tert-OH is 1. The van der Waals surface area contributed by atoms with E-state index in [4.69, 9.17) is 19.8 Å². The summed E-state index contributed by atoms with van der Waals surface area (Å²) in [6.07, 6.45) is 10.9. The average Bonchev–Trinajstić information content (AvgIpc) is 2.34. The number of rotatable bonds is 7.